The molecule has 24 heavy (non-hydrogen) atoms. The molecule has 4 rings (SSSR count). The number of imidazole rings is 1. The van der Waals surface area contributed by atoms with Crippen molar-refractivity contribution in [3.63, 3.8) is 0 Å². The zero-order chi connectivity index (χ0) is 16.5. The van der Waals surface area contributed by atoms with Gasteiger partial charge in [0.2, 0.25) is 0 Å². The monoisotopic (exact) mass is 342 g/mol. The lowest BCUT2D eigenvalue weighted by molar-refractivity contribution is -0.132. The SMILES string of the molecule is CN1CCO[C@@H](C(=O)Nc2c(-c3cccs3)nc3ccccn23)C1. The van der Waals surface area contributed by atoms with Crippen molar-refractivity contribution < 1.29 is 9.53 Å². The molecule has 1 saturated heterocycles. The van der Waals surface area contributed by atoms with Crippen LogP contribution >= 0.6 is 11.3 Å². The maximum Gasteiger partial charge on any atom is 0.256 e. The lowest BCUT2D eigenvalue weighted by atomic mass is 10.2. The first-order chi connectivity index (χ1) is 11.7. The Morgan fingerprint density at radius 1 is 1.38 bits per heavy atom. The number of hydrogen-bond donors (Lipinski definition) is 1. The topological polar surface area (TPSA) is 58.9 Å². The van der Waals surface area contributed by atoms with Crippen molar-refractivity contribution in [2.24, 2.45) is 0 Å². The summed E-state index contributed by atoms with van der Waals surface area (Å²) >= 11 is 1.60. The average molecular weight is 342 g/mol. The number of fused-ring (bicyclic) bond motifs is 1. The van der Waals surface area contributed by atoms with Gasteiger partial charge in [0.1, 0.15) is 23.3 Å². The first-order valence-corrected chi connectivity index (χ1v) is 8.72. The minimum Gasteiger partial charge on any atom is -0.366 e. The molecule has 0 aromatic carbocycles. The van der Waals surface area contributed by atoms with Crippen molar-refractivity contribution in [3.8, 4) is 10.6 Å². The molecule has 0 saturated carbocycles. The molecule has 1 aliphatic heterocycles. The number of hydrogen-bond acceptors (Lipinski definition) is 5. The fourth-order valence-corrected chi connectivity index (χ4v) is 3.55. The number of anilines is 1. The van der Waals surface area contributed by atoms with E-state index in [0.29, 0.717) is 19.0 Å². The number of amides is 1. The number of morpholine rings is 1. The molecule has 124 valence electrons. The maximum absolute atomic E-state index is 12.7. The van der Waals surface area contributed by atoms with Gasteiger partial charge in [-0.25, -0.2) is 4.98 Å². The van der Waals surface area contributed by atoms with Crippen LogP contribution in [-0.2, 0) is 9.53 Å². The number of thiophene rings is 1. The van der Waals surface area contributed by atoms with E-state index < -0.39 is 6.10 Å². The molecule has 0 spiro atoms. The van der Waals surface area contributed by atoms with Gasteiger partial charge in [0.15, 0.2) is 0 Å². The number of rotatable bonds is 3. The van der Waals surface area contributed by atoms with Crippen LogP contribution in [0.3, 0.4) is 0 Å². The molecule has 3 aromatic rings. The van der Waals surface area contributed by atoms with Crippen molar-refractivity contribution in [2.45, 2.75) is 6.10 Å². The van der Waals surface area contributed by atoms with Gasteiger partial charge in [0.05, 0.1) is 11.5 Å². The van der Waals surface area contributed by atoms with Gasteiger partial charge in [0, 0.05) is 19.3 Å². The second-order valence-electron chi connectivity index (χ2n) is 5.83. The van der Waals surface area contributed by atoms with E-state index in [-0.39, 0.29) is 5.91 Å². The van der Waals surface area contributed by atoms with Crippen LogP contribution in [0.5, 0.6) is 0 Å². The molecular weight excluding hydrogens is 324 g/mol. The first-order valence-electron chi connectivity index (χ1n) is 7.84. The van der Waals surface area contributed by atoms with Crippen LogP contribution < -0.4 is 5.32 Å². The van der Waals surface area contributed by atoms with E-state index in [0.717, 1.165) is 22.8 Å². The van der Waals surface area contributed by atoms with Crippen LogP contribution in [0.1, 0.15) is 0 Å². The molecule has 6 nitrogen and oxygen atoms in total. The fourth-order valence-electron chi connectivity index (χ4n) is 2.83. The number of aromatic nitrogens is 2. The molecule has 3 aromatic heterocycles. The summed E-state index contributed by atoms with van der Waals surface area (Å²) in [5.74, 6) is 0.555. The molecule has 1 atom stereocenters. The Balaban J connectivity index is 1.70. The van der Waals surface area contributed by atoms with E-state index >= 15 is 0 Å². The van der Waals surface area contributed by atoms with Crippen molar-refractivity contribution in [3.05, 3.63) is 41.9 Å². The first kappa shape index (κ1) is 15.3. The lowest BCUT2D eigenvalue weighted by Crippen LogP contribution is -2.46. The Morgan fingerprint density at radius 2 is 2.29 bits per heavy atom. The van der Waals surface area contributed by atoms with E-state index in [1.807, 2.05) is 53.4 Å². The zero-order valence-corrected chi connectivity index (χ0v) is 14.1. The second-order valence-corrected chi connectivity index (χ2v) is 6.77. The summed E-state index contributed by atoms with van der Waals surface area (Å²) in [5.41, 5.74) is 1.59. The number of nitrogens with one attached hydrogen (secondary N) is 1. The number of ether oxygens (including phenoxy) is 1. The highest BCUT2D eigenvalue weighted by Gasteiger charge is 2.27. The summed E-state index contributed by atoms with van der Waals surface area (Å²) in [5, 5.41) is 5.03. The summed E-state index contributed by atoms with van der Waals surface area (Å²) in [4.78, 5) is 20.5. The Bertz CT molecular complexity index is 859. The molecule has 0 bridgehead atoms. The largest absolute Gasteiger partial charge is 0.366 e. The predicted molar refractivity (Wildman–Crippen MR) is 94.4 cm³/mol. The second kappa shape index (κ2) is 6.35. The Labute approximate surface area is 143 Å². The van der Waals surface area contributed by atoms with Crippen molar-refractivity contribution >= 4 is 28.7 Å². The molecule has 1 amide bonds. The molecule has 1 aliphatic rings. The molecule has 4 heterocycles. The maximum atomic E-state index is 12.7. The Morgan fingerprint density at radius 3 is 3.08 bits per heavy atom. The Hall–Kier alpha value is -2.22. The highest BCUT2D eigenvalue weighted by Crippen LogP contribution is 2.32. The van der Waals surface area contributed by atoms with Gasteiger partial charge in [-0.2, -0.15) is 0 Å². The summed E-state index contributed by atoms with van der Waals surface area (Å²) < 4.78 is 7.52. The van der Waals surface area contributed by atoms with Crippen LogP contribution in [-0.4, -0.2) is 53.0 Å². The van der Waals surface area contributed by atoms with Gasteiger partial charge in [-0.3, -0.25) is 9.20 Å². The highest BCUT2D eigenvalue weighted by molar-refractivity contribution is 7.13. The molecule has 1 N–H and O–H groups in total. The summed E-state index contributed by atoms with van der Waals surface area (Å²) in [7, 11) is 1.99. The van der Waals surface area contributed by atoms with Gasteiger partial charge >= 0.3 is 0 Å². The summed E-state index contributed by atoms with van der Waals surface area (Å²) in [6.45, 7) is 2.01. The summed E-state index contributed by atoms with van der Waals surface area (Å²) in [6, 6.07) is 9.78. The van der Waals surface area contributed by atoms with Crippen LogP contribution in [0.15, 0.2) is 41.9 Å². The van der Waals surface area contributed by atoms with E-state index in [4.69, 9.17) is 4.74 Å². The third kappa shape index (κ3) is 2.82. The van der Waals surface area contributed by atoms with Crippen LogP contribution in [0.4, 0.5) is 5.82 Å². The predicted octanol–water partition coefficient (Wildman–Crippen LogP) is 2.33. The van der Waals surface area contributed by atoms with Gasteiger partial charge in [-0.15, -0.1) is 11.3 Å². The van der Waals surface area contributed by atoms with Gasteiger partial charge in [0.25, 0.3) is 5.91 Å². The quantitative estimate of drug-likeness (QED) is 0.794. The van der Waals surface area contributed by atoms with Crippen LogP contribution in [0.2, 0.25) is 0 Å². The van der Waals surface area contributed by atoms with E-state index in [9.17, 15) is 4.79 Å². The Kier molecular flexibility index (Phi) is 4.05. The zero-order valence-electron chi connectivity index (χ0n) is 13.3. The van der Waals surface area contributed by atoms with Gasteiger partial charge < -0.3 is 15.0 Å². The number of carbonyl (C=O) groups excluding carboxylic acids is 1. The third-order valence-corrected chi connectivity index (χ3v) is 4.96. The molecular formula is C17H18N4O2S. The van der Waals surface area contributed by atoms with Gasteiger partial charge in [-0.1, -0.05) is 12.1 Å². The fraction of sp³-hybridized carbons (Fsp3) is 0.294. The number of carbonyl (C=O) groups is 1. The molecule has 0 aliphatic carbocycles. The number of likely N-dealkylation sites (N-methyl/N-ethyl adjacent to an activating group) is 1. The third-order valence-electron chi connectivity index (χ3n) is 4.09. The van der Waals surface area contributed by atoms with E-state index in [2.05, 4.69) is 15.2 Å². The molecule has 0 radical (unpaired) electrons. The molecule has 7 heteroatoms. The molecule has 0 unspecified atom stereocenters. The highest BCUT2D eigenvalue weighted by atomic mass is 32.1. The molecule has 1 fully saturated rings. The lowest BCUT2D eigenvalue weighted by Gasteiger charge is -2.29. The van der Waals surface area contributed by atoms with Crippen LogP contribution in [0.25, 0.3) is 16.2 Å². The van der Waals surface area contributed by atoms with E-state index in [1.165, 1.54) is 0 Å². The number of nitrogens with zero attached hydrogens (tertiary/aromatic N) is 3. The van der Waals surface area contributed by atoms with Crippen molar-refractivity contribution in [1.29, 1.82) is 0 Å². The smallest absolute Gasteiger partial charge is 0.256 e. The van der Waals surface area contributed by atoms with Crippen molar-refractivity contribution in [2.75, 3.05) is 32.1 Å². The summed E-state index contributed by atoms with van der Waals surface area (Å²) in [6.07, 6.45) is 1.44. The normalized spacial score (nSPS) is 18.8. The minimum atomic E-state index is -0.464. The van der Waals surface area contributed by atoms with E-state index in [1.54, 1.807) is 11.3 Å². The van der Waals surface area contributed by atoms with Crippen LogP contribution in [0, 0.1) is 0 Å². The minimum absolute atomic E-state index is 0.134. The van der Waals surface area contributed by atoms with Gasteiger partial charge in [-0.05, 0) is 30.6 Å². The number of pyridine rings is 1. The van der Waals surface area contributed by atoms with Crippen molar-refractivity contribution in [1.82, 2.24) is 14.3 Å². The average Bonchev–Trinajstić information content (AvgIpc) is 3.23. The standard InChI is InChI=1S/C17H18N4O2S/c1-20-8-9-23-12(11-20)17(22)19-16-15(13-5-4-10-24-13)18-14-6-2-3-7-21(14)16/h2-7,10,12H,8-9,11H2,1H3,(H,19,22)/t12-/m1/s1.